The lowest BCUT2D eigenvalue weighted by Crippen LogP contribution is -2.41. The molecular formula is C37H57N3O2. The molecular weight excluding hydrogens is 518 g/mol. The van der Waals surface area contributed by atoms with Gasteiger partial charge in [0.05, 0.1) is 12.6 Å². The predicted molar refractivity (Wildman–Crippen MR) is 177 cm³/mol. The Kier molecular flexibility index (Phi) is 13.9. The third-order valence-corrected chi connectivity index (χ3v) is 9.40. The molecule has 0 saturated carbocycles. The zero-order valence-corrected chi connectivity index (χ0v) is 26.9. The van der Waals surface area contributed by atoms with Crippen LogP contribution >= 0.6 is 0 Å². The average molecular weight is 576 g/mol. The Labute approximate surface area is 256 Å². The molecule has 2 aliphatic heterocycles. The third-order valence-electron chi connectivity index (χ3n) is 9.40. The average Bonchev–Trinajstić information content (AvgIpc) is 3.48. The van der Waals surface area contributed by atoms with Gasteiger partial charge in [0.15, 0.2) is 0 Å². The van der Waals surface area contributed by atoms with E-state index < -0.39 is 0 Å². The molecule has 5 nitrogen and oxygen atoms in total. The Morgan fingerprint density at radius 1 is 1.12 bits per heavy atom. The first-order valence-electron chi connectivity index (χ1n) is 16.8. The third kappa shape index (κ3) is 9.41. The van der Waals surface area contributed by atoms with E-state index in [4.69, 9.17) is 9.57 Å². The number of nitrogens with zero attached hydrogens (tertiary/aromatic N) is 2. The molecule has 232 valence electrons. The van der Waals surface area contributed by atoms with Crippen molar-refractivity contribution in [3.05, 3.63) is 77.4 Å². The summed E-state index contributed by atoms with van der Waals surface area (Å²) < 4.78 is 6.38. The molecule has 42 heavy (non-hydrogen) atoms. The van der Waals surface area contributed by atoms with E-state index in [-0.39, 0.29) is 6.04 Å². The van der Waals surface area contributed by atoms with Crippen molar-refractivity contribution in [2.24, 2.45) is 11.8 Å². The second-order valence-corrected chi connectivity index (χ2v) is 12.5. The molecule has 4 rings (SSSR count). The van der Waals surface area contributed by atoms with Crippen LogP contribution in [0.1, 0.15) is 97.0 Å². The van der Waals surface area contributed by atoms with Crippen molar-refractivity contribution in [3.63, 3.8) is 0 Å². The minimum atomic E-state index is 0.184. The Morgan fingerprint density at radius 2 is 1.90 bits per heavy atom. The van der Waals surface area contributed by atoms with Crippen molar-refractivity contribution >= 4 is 5.69 Å². The van der Waals surface area contributed by atoms with E-state index >= 15 is 0 Å². The lowest BCUT2D eigenvalue weighted by molar-refractivity contribution is -0.181. The van der Waals surface area contributed by atoms with Gasteiger partial charge in [-0.25, -0.2) is 0 Å². The fraction of sp³-hybridized carbons (Fsp3) is 0.622. The van der Waals surface area contributed by atoms with Crippen LogP contribution in [-0.2, 0) is 9.57 Å². The Bertz CT molecular complexity index is 1050. The number of anilines is 1. The lowest BCUT2D eigenvalue weighted by atomic mass is 9.80. The summed E-state index contributed by atoms with van der Waals surface area (Å²) in [7, 11) is 0. The van der Waals surface area contributed by atoms with Gasteiger partial charge in [0.2, 0.25) is 0 Å². The molecule has 3 aliphatic rings. The highest BCUT2D eigenvalue weighted by molar-refractivity contribution is 5.56. The van der Waals surface area contributed by atoms with Gasteiger partial charge in [0.25, 0.3) is 0 Å². The molecule has 2 heterocycles. The summed E-state index contributed by atoms with van der Waals surface area (Å²) in [5, 5.41) is 5.81. The molecule has 0 radical (unpaired) electrons. The molecule has 0 spiro atoms. The molecule has 2 atom stereocenters. The van der Waals surface area contributed by atoms with Gasteiger partial charge < -0.3 is 9.64 Å². The highest BCUT2D eigenvalue weighted by Gasteiger charge is 2.32. The molecule has 0 aromatic heterocycles. The van der Waals surface area contributed by atoms with Crippen LogP contribution in [0.25, 0.3) is 0 Å². The van der Waals surface area contributed by atoms with Gasteiger partial charge in [-0.3, -0.25) is 10.2 Å². The maximum atomic E-state index is 6.38. The van der Waals surface area contributed by atoms with Crippen molar-refractivity contribution in [1.82, 2.24) is 10.4 Å². The van der Waals surface area contributed by atoms with Crippen LogP contribution in [0, 0.1) is 11.8 Å². The molecule has 1 aromatic rings. The molecule has 1 N–H and O–H groups in total. The van der Waals surface area contributed by atoms with Crippen LogP contribution in [0.4, 0.5) is 5.69 Å². The number of allylic oxidation sites excluding steroid dienone is 5. The van der Waals surface area contributed by atoms with Gasteiger partial charge in [-0.1, -0.05) is 99.8 Å². The number of hydroxylamine groups is 2. The fourth-order valence-corrected chi connectivity index (χ4v) is 7.13. The quantitative estimate of drug-likeness (QED) is 0.158. The van der Waals surface area contributed by atoms with Gasteiger partial charge in [-0.15, -0.1) is 0 Å². The van der Waals surface area contributed by atoms with Crippen LogP contribution < -0.4 is 10.2 Å². The zero-order chi connectivity index (χ0) is 29.6. The molecule has 5 heteroatoms. The van der Waals surface area contributed by atoms with Crippen LogP contribution in [0.2, 0.25) is 0 Å². The minimum absolute atomic E-state index is 0.184. The minimum Gasteiger partial charge on any atom is -0.360 e. The van der Waals surface area contributed by atoms with Crippen molar-refractivity contribution in [2.75, 3.05) is 44.6 Å². The first kappa shape index (κ1) is 32.7. The molecule has 1 aliphatic carbocycles. The number of nitrogens with one attached hydrogen (secondary N) is 1. The Hall–Kier alpha value is -2.18. The largest absolute Gasteiger partial charge is 0.360 e. The highest BCUT2D eigenvalue weighted by atomic mass is 16.7. The molecule has 1 saturated heterocycles. The number of hydrogen-bond donors (Lipinski definition) is 1. The molecule has 1 fully saturated rings. The summed E-state index contributed by atoms with van der Waals surface area (Å²) in [4.78, 5) is 8.77. The van der Waals surface area contributed by atoms with E-state index in [2.05, 4.69) is 104 Å². The normalized spacial score (nSPS) is 21.3. The summed E-state index contributed by atoms with van der Waals surface area (Å²) in [6.45, 7) is 14.0. The number of rotatable bonds is 16. The van der Waals surface area contributed by atoms with E-state index in [1.54, 1.807) is 0 Å². The van der Waals surface area contributed by atoms with Crippen molar-refractivity contribution in [3.8, 4) is 0 Å². The number of hydrogen-bond acceptors (Lipinski definition) is 5. The van der Waals surface area contributed by atoms with E-state index in [0.717, 1.165) is 51.4 Å². The van der Waals surface area contributed by atoms with Crippen LogP contribution in [0.3, 0.4) is 0 Å². The standard InChI is InChI=1S/C37H57N3O2/c1-5-8-16-30(4)37(33-18-9-10-19-33)38-28-42-40-25-22-32(23-26-40)35-27-41-29-39(36-21-12-11-20-34(35)36)24-13-17-31(14-6-2)15-7-3/h5,8-9,11-12,16,18-21,31-32,35,37-38H,6-7,10,13-15,17,22-29H2,1-4H3/b8-5-,30-16+. The molecule has 0 bridgehead atoms. The van der Waals surface area contributed by atoms with E-state index in [1.165, 1.54) is 60.9 Å². The maximum Gasteiger partial charge on any atom is 0.119 e. The zero-order valence-electron chi connectivity index (χ0n) is 26.9. The van der Waals surface area contributed by atoms with E-state index in [0.29, 0.717) is 25.3 Å². The number of benzene rings is 1. The molecule has 2 unspecified atom stereocenters. The predicted octanol–water partition coefficient (Wildman–Crippen LogP) is 8.53. The van der Waals surface area contributed by atoms with Gasteiger partial charge >= 0.3 is 0 Å². The summed E-state index contributed by atoms with van der Waals surface area (Å²) >= 11 is 0. The van der Waals surface area contributed by atoms with Gasteiger partial charge in [-0.05, 0) is 75.0 Å². The smallest absolute Gasteiger partial charge is 0.119 e. The SMILES string of the molecule is C/C=C\C=C(/C)C(NCON1CCC(C2COCN(CCCC(CCC)CCC)c3ccccc32)CC1)C1=CCC=C1. The number of ether oxygens (including phenoxy) is 1. The lowest BCUT2D eigenvalue weighted by Gasteiger charge is -2.36. The monoisotopic (exact) mass is 575 g/mol. The Morgan fingerprint density at radius 3 is 2.62 bits per heavy atom. The summed E-state index contributed by atoms with van der Waals surface area (Å²) in [6, 6.07) is 9.30. The van der Waals surface area contributed by atoms with Gasteiger partial charge in [-0.2, -0.15) is 5.06 Å². The van der Waals surface area contributed by atoms with Crippen molar-refractivity contribution < 1.29 is 9.57 Å². The highest BCUT2D eigenvalue weighted by Crippen LogP contribution is 2.39. The number of fused-ring (bicyclic) bond motifs is 1. The van der Waals surface area contributed by atoms with E-state index in [9.17, 15) is 0 Å². The first-order chi connectivity index (χ1) is 20.6. The number of piperidine rings is 1. The fourth-order valence-electron chi connectivity index (χ4n) is 7.13. The Balaban J connectivity index is 1.29. The summed E-state index contributed by atoms with van der Waals surface area (Å²) in [5.41, 5.74) is 5.52. The van der Waals surface area contributed by atoms with Crippen LogP contribution in [0.5, 0.6) is 0 Å². The molecule has 1 aromatic carbocycles. The summed E-state index contributed by atoms with van der Waals surface area (Å²) in [6.07, 6.45) is 24.3. The van der Waals surface area contributed by atoms with Gasteiger partial charge in [0.1, 0.15) is 13.5 Å². The second kappa shape index (κ2) is 17.8. The number of para-hydroxylation sites is 1. The first-order valence-corrected chi connectivity index (χ1v) is 16.8. The topological polar surface area (TPSA) is 37.0 Å². The van der Waals surface area contributed by atoms with E-state index in [1.807, 2.05) is 0 Å². The molecule has 0 amide bonds. The second-order valence-electron chi connectivity index (χ2n) is 12.5. The van der Waals surface area contributed by atoms with Crippen molar-refractivity contribution in [2.45, 2.75) is 97.4 Å². The maximum absolute atomic E-state index is 6.38. The van der Waals surface area contributed by atoms with Crippen LogP contribution in [-0.4, -0.2) is 50.8 Å². The van der Waals surface area contributed by atoms with Crippen molar-refractivity contribution in [1.29, 1.82) is 0 Å². The van der Waals surface area contributed by atoms with Crippen LogP contribution in [0.15, 0.2) is 71.9 Å². The van der Waals surface area contributed by atoms with Gasteiger partial charge in [0, 0.05) is 31.2 Å². The summed E-state index contributed by atoms with van der Waals surface area (Å²) in [5.74, 6) is 1.94.